The summed E-state index contributed by atoms with van der Waals surface area (Å²) < 4.78 is 1.98. The number of aromatic nitrogens is 4. The molecule has 0 radical (unpaired) electrons. The second-order valence-corrected chi connectivity index (χ2v) is 7.71. The quantitative estimate of drug-likeness (QED) is 0.633. The van der Waals surface area contributed by atoms with Gasteiger partial charge in [0, 0.05) is 49.8 Å². The van der Waals surface area contributed by atoms with E-state index in [2.05, 4.69) is 48.3 Å². The van der Waals surface area contributed by atoms with E-state index in [-0.39, 0.29) is 12.1 Å². The molecule has 1 fully saturated rings. The molecular weight excluding hydrogens is 366 g/mol. The van der Waals surface area contributed by atoms with Gasteiger partial charge in [0.15, 0.2) is 0 Å². The van der Waals surface area contributed by atoms with Gasteiger partial charge >= 0.3 is 0 Å². The number of benzene rings is 1. The zero-order valence-corrected chi connectivity index (χ0v) is 16.8. The van der Waals surface area contributed by atoms with Gasteiger partial charge in [-0.2, -0.15) is 0 Å². The molecule has 0 spiro atoms. The monoisotopic (exact) mass is 393 g/mol. The first kappa shape index (κ1) is 19.4. The lowest BCUT2D eigenvalue weighted by molar-refractivity contribution is 0.191. The molecule has 0 amide bonds. The van der Waals surface area contributed by atoms with Crippen molar-refractivity contribution in [1.29, 1.82) is 0 Å². The van der Waals surface area contributed by atoms with Crippen LogP contribution in [0.15, 0.2) is 55.4 Å². The number of anilines is 2. The Morgan fingerprint density at radius 2 is 2.14 bits per heavy atom. The summed E-state index contributed by atoms with van der Waals surface area (Å²) in [6, 6.07) is 10.5. The summed E-state index contributed by atoms with van der Waals surface area (Å²) in [6.07, 6.45) is 7.50. The van der Waals surface area contributed by atoms with Gasteiger partial charge in [-0.05, 0) is 38.2 Å². The first-order valence-corrected chi connectivity index (χ1v) is 9.81. The Hall–Kier alpha value is -2.97. The standard InChI is InChI=1S/C21H27N7O/c1-26(2)12-18-9-19(29)13-28(18)21-10-20(24-14-25-21)23-11-16-4-3-5-17(8-16)27-7-6-22-15-27/h3-8,10,14-15,18-19,29H,9,11-13H2,1-2H3,(H,23,24,25)/t18-,19-/m1/s1. The summed E-state index contributed by atoms with van der Waals surface area (Å²) in [7, 11) is 4.10. The minimum atomic E-state index is -0.322. The Kier molecular flexibility index (Phi) is 5.73. The van der Waals surface area contributed by atoms with Gasteiger partial charge in [-0.3, -0.25) is 0 Å². The van der Waals surface area contributed by atoms with Gasteiger partial charge < -0.3 is 24.8 Å². The molecule has 1 aliphatic rings. The van der Waals surface area contributed by atoms with Crippen molar-refractivity contribution < 1.29 is 5.11 Å². The summed E-state index contributed by atoms with van der Waals surface area (Å²) >= 11 is 0. The molecule has 1 aliphatic heterocycles. The SMILES string of the molecule is CN(C)C[C@H]1C[C@@H](O)CN1c1cc(NCc2cccc(-n3ccnc3)c2)ncn1. The second-order valence-electron chi connectivity index (χ2n) is 7.71. The van der Waals surface area contributed by atoms with Gasteiger partial charge in [0.1, 0.15) is 18.0 Å². The van der Waals surface area contributed by atoms with Crippen LogP contribution in [0.2, 0.25) is 0 Å². The maximum absolute atomic E-state index is 10.1. The molecule has 0 saturated carbocycles. The maximum Gasteiger partial charge on any atom is 0.134 e. The van der Waals surface area contributed by atoms with Crippen LogP contribution in [0.1, 0.15) is 12.0 Å². The normalized spacial score (nSPS) is 19.1. The molecule has 2 N–H and O–H groups in total. The van der Waals surface area contributed by atoms with Crippen molar-refractivity contribution in [2.24, 2.45) is 0 Å². The third-order valence-electron chi connectivity index (χ3n) is 5.10. The maximum atomic E-state index is 10.1. The highest BCUT2D eigenvalue weighted by molar-refractivity contribution is 5.50. The van der Waals surface area contributed by atoms with Gasteiger partial charge in [-0.25, -0.2) is 15.0 Å². The fourth-order valence-electron chi connectivity index (χ4n) is 3.80. The van der Waals surface area contributed by atoms with E-state index >= 15 is 0 Å². The van der Waals surface area contributed by atoms with E-state index in [1.807, 2.05) is 37.0 Å². The predicted octanol–water partition coefficient (Wildman–Crippen LogP) is 1.78. The molecule has 8 nitrogen and oxygen atoms in total. The molecule has 152 valence electrons. The van der Waals surface area contributed by atoms with Crippen molar-refractivity contribution in [1.82, 2.24) is 24.4 Å². The fourth-order valence-corrected chi connectivity index (χ4v) is 3.80. The van der Waals surface area contributed by atoms with Gasteiger partial charge in [0.05, 0.1) is 12.4 Å². The highest BCUT2D eigenvalue weighted by Gasteiger charge is 2.32. The van der Waals surface area contributed by atoms with Crippen LogP contribution in [0.25, 0.3) is 5.69 Å². The lowest BCUT2D eigenvalue weighted by atomic mass is 10.2. The highest BCUT2D eigenvalue weighted by Crippen LogP contribution is 2.26. The summed E-state index contributed by atoms with van der Waals surface area (Å²) in [5, 5.41) is 13.5. The van der Waals surface area contributed by atoms with Crippen molar-refractivity contribution in [3.8, 4) is 5.69 Å². The molecule has 2 atom stereocenters. The molecule has 29 heavy (non-hydrogen) atoms. The van der Waals surface area contributed by atoms with Crippen LogP contribution >= 0.6 is 0 Å². The predicted molar refractivity (Wildman–Crippen MR) is 113 cm³/mol. The van der Waals surface area contributed by atoms with Crippen molar-refractivity contribution >= 4 is 11.6 Å². The number of aliphatic hydroxyl groups is 1. The molecule has 1 saturated heterocycles. The minimum Gasteiger partial charge on any atom is -0.391 e. The molecule has 4 rings (SSSR count). The number of β-amino-alcohol motifs (C(OH)–C–C–N with tert-alkyl or cyclic N) is 1. The van der Waals surface area contributed by atoms with E-state index in [0.29, 0.717) is 13.1 Å². The van der Waals surface area contributed by atoms with Gasteiger partial charge in [0.2, 0.25) is 0 Å². The van der Waals surface area contributed by atoms with Crippen LogP contribution in [0.4, 0.5) is 11.6 Å². The van der Waals surface area contributed by atoms with Gasteiger partial charge in [-0.1, -0.05) is 12.1 Å². The second kappa shape index (κ2) is 8.59. The summed E-state index contributed by atoms with van der Waals surface area (Å²) in [4.78, 5) is 17.2. The molecule has 3 aromatic rings. The van der Waals surface area contributed by atoms with Crippen molar-refractivity contribution in [3.63, 3.8) is 0 Å². The lowest BCUT2D eigenvalue weighted by Crippen LogP contribution is -2.38. The topological polar surface area (TPSA) is 82.3 Å². The van der Waals surface area contributed by atoms with E-state index in [9.17, 15) is 5.11 Å². The number of nitrogens with zero attached hydrogens (tertiary/aromatic N) is 6. The van der Waals surface area contributed by atoms with Crippen molar-refractivity contribution in [3.05, 3.63) is 60.9 Å². The first-order valence-electron chi connectivity index (χ1n) is 9.81. The van der Waals surface area contributed by atoms with Crippen LogP contribution in [-0.2, 0) is 6.54 Å². The van der Waals surface area contributed by atoms with Crippen molar-refractivity contribution in [2.45, 2.75) is 25.1 Å². The molecule has 8 heteroatoms. The van der Waals surface area contributed by atoms with Crippen LogP contribution in [0, 0.1) is 0 Å². The summed E-state index contributed by atoms with van der Waals surface area (Å²) in [5.41, 5.74) is 2.22. The minimum absolute atomic E-state index is 0.245. The number of nitrogens with one attached hydrogen (secondary N) is 1. The Bertz CT molecular complexity index is 928. The van der Waals surface area contributed by atoms with E-state index in [4.69, 9.17) is 0 Å². The third kappa shape index (κ3) is 4.72. The molecule has 0 unspecified atom stereocenters. The first-order chi connectivity index (χ1) is 14.1. The fraction of sp³-hybridized carbons (Fsp3) is 0.381. The number of likely N-dealkylation sites (N-methyl/N-ethyl adjacent to an activating group) is 1. The number of aliphatic hydroxyl groups excluding tert-OH is 1. The summed E-state index contributed by atoms with van der Waals surface area (Å²) in [6.45, 7) is 2.13. The lowest BCUT2D eigenvalue weighted by Gasteiger charge is -2.27. The van der Waals surface area contributed by atoms with E-state index < -0.39 is 0 Å². The molecule has 3 heterocycles. The Balaban J connectivity index is 1.45. The van der Waals surface area contributed by atoms with Gasteiger partial charge in [-0.15, -0.1) is 0 Å². The highest BCUT2D eigenvalue weighted by atomic mass is 16.3. The van der Waals surface area contributed by atoms with Crippen LogP contribution in [0.5, 0.6) is 0 Å². The molecule has 0 bridgehead atoms. The average molecular weight is 393 g/mol. The number of hydrogen-bond donors (Lipinski definition) is 2. The molecule has 1 aromatic carbocycles. The van der Waals surface area contributed by atoms with E-state index in [1.54, 1.807) is 18.9 Å². The van der Waals surface area contributed by atoms with E-state index in [1.165, 1.54) is 0 Å². The van der Waals surface area contributed by atoms with Crippen LogP contribution < -0.4 is 10.2 Å². The molecular formula is C21H27N7O. The Morgan fingerprint density at radius 1 is 1.24 bits per heavy atom. The third-order valence-corrected chi connectivity index (χ3v) is 5.10. The number of imidazole rings is 1. The van der Waals surface area contributed by atoms with Gasteiger partial charge in [0.25, 0.3) is 0 Å². The largest absolute Gasteiger partial charge is 0.391 e. The zero-order valence-electron chi connectivity index (χ0n) is 16.8. The Morgan fingerprint density at radius 3 is 2.93 bits per heavy atom. The van der Waals surface area contributed by atoms with E-state index in [0.717, 1.165) is 35.9 Å². The van der Waals surface area contributed by atoms with Crippen LogP contribution in [0.3, 0.4) is 0 Å². The van der Waals surface area contributed by atoms with Crippen molar-refractivity contribution in [2.75, 3.05) is 37.4 Å². The Labute approximate surface area is 170 Å². The molecule has 0 aliphatic carbocycles. The smallest absolute Gasteiger partial charge is 0.134 e. The zero-order chi connectivity index (χ0) is 20.2. The van der Waals surface area contributed by atoms with Crippen LogP contribution in [-0.4, -0.2) is 68.9 Å². The average Bonchev–Trinajstić information content (AvgIpc) is 3.36. The number of hydrogen-bond acceptors (Lipinski definition) is 7. The summed E-state index contributed by atoms with van der Waals surface area (Å²) in [5.74, 6) is 1.62. The molecule has 2 aromatic heterocycles. The number of rotatable bonds is 7.